The van der Waals surface area contributed by atoms with Gasteiger partial charge in [0.15, 0.2) is 11.4 Å². The number of anilines is 1. The van der Waals surface area contributed by atoms with Gasteiger partial charge in [-0.1, -0.05) is 12.2 Å². The molecule has 1 aliphatic rings. The minimum atomic E-state index is -0.0954. The van der Waals surface area contributed by atoms with E-state index in [4.69, 9.17) is 17.3 Å². The molecule has 2 aromatic heterocycles. The second-order valence-corrected chi connectivity index (χ2v) is 5.55. The van der Waals surface area contributed by atoms with Gasteiger partial charge in [-0.15, -0.1) is 11.6 Å². The van der Waals surface area contributed by atoms with E-state index in [2.05, 4.69) is 10.1 Å². The van der Waals surface area contributed by atoms with Crippen LogP contribution < -0.4 is 5.73 Å². The van der Waals surface area contributed by atoms with Crippen molar-refractivity contribution in [2.24, 2.45) is 5.92 Å². The van der Waals surface area contributed by atoms with Crippen LogP contribution in [0.3, 0.4) is 0 Å². The summed E-state index contributed by atoms with van der Waals surface area (Å²) >= 11 is 5.77. The molecule has 5 nitrogen and oxygen atoms in total. The number of carbonyl (C=O) groups is 1. The molecule has 0 radical (unpaired) electrons. The molecule has 1 atom stereocenters. The van der Waals surface area contributed by atoms with Crippen molar-refractivity contribution >= 4 is 34.1 Å². The van der Waals surface area contributed by atoms with Crippen LogP contribution in [-0.2, 0) is 13.0 Å². The molecule has 110 valence electrons. The maximum atomic E-state index is 12.6. The molecule has 1 aliphatic carbocycles. The Morgan fingerprint density at radius 3 is 3.10 bits per heavy atom. The highest BCUT2D eigenvalue weighted by molar-refractivity contribution is 6.17. The zero-order chi connectivity index (χ0) is 15.0. The lowest BCUT2D eigenvalue weighted by molar-refractivity contribution is 0.0930. The number of hydrogen-bond acceptors (Lipinski definition) is 4. The van der Waals surface area contributed by atoms with Crippen LogP contribution in [0.2, 0.25) is 0 Å². The van der Waals surface area contributed by atoms with Crippen LogP contribution in [-0.4, -0.2) is 26.4 Å². The number of carbonyl (C=O) groups excluding carboxylic acids is 1. The van der Waals surface area contributed by atoms with Crippen molar-refractivity contribution in [2.45, 2.75) is 26.3 Å². The van der Waals surface area contributed by atoms with E-state index in [9.17, 15) is 4.79 Å². The van der Waals surface area contributed by atoms with Gasteiger partial charge in [-0.3, -0.25) is 4.79 Å². The van der Waals surface area contributed by atoms with E-state index >= 15 is 0 Å². The van der Waals surface area contributed by atoms with E-state index in [0.29, 0.717) is 29.3 Å². The average Bonchev–Trinajstić information content (AvgIpc) is 2.86. The Bertz CT molecular complexity index is 735. The average molecular weight is 305 g/mol. The van der Waals surface area contributed by atoms with Crippen molar-refractivity contribution in [3.8, 4) is 0 Å². The number of halogens is 1. The second-order valence-electron chi connectivity index (χ2n) is 5.18. The molecule has 2 N–H and O–H groups in total. The first-order valence-electron chi connectivity index (χ1n) is 7.04. The van der Waals surface area contributed by atoms with Gasteiger partial charge in [-0.05, 0) is 19.8 Å². The molecule has 0 amide bonds. The van der Waals surface area contributed by atoms with E-state index < -0.39 is 0 Å². The van der Waals surface area contributed by atoms with Crippen LogP contribution in [0.4, 0.5) is 5.69 Å². The molecule has 0 saturated heterocycles. The molecule has 0 fully saturated rings. The standard InChI is InChI=1S/C15H17ClN4O/c1-2-3-9-4-5-11-12(14(9)21)13(17)10-8-18-20(7-6-16)15(10)19-11/h2-3,8-9H,4-7H2,1H3,(H2,17,19)/b3-2+. The summed E-state index contributed by atoms with van der Waals surface area (Å²) in [6, 6.07) is 0. The maximum Gasteiger partial charge on any atom is 0.173 e. The normalized spacial score (nSPS) is 18.6. The lowest BCUT2D eigenvalue weighted by Gasteiger charge is -2.22. The van der Waals surface area contributed by atoms with Crippen LogP contribution in [0.1, 0.15) is 29.4 Å². The number of allylic oxidation sites excluding steroid dienone is 2. The number of aromatic nitrogens is 3. The molecule has 21 heavy (non-hydrogen) atoms. The van der Waals surface area contributed by atoms with E-state index in [1.54, 1.807) is 10.9 Å². The molecule has 2 aromatic rings. The van der Waals surface area contributed by atoms with Gasteiger partial charge in [0.25, 0.3) is 0 Å². The van der Waals surface area contributed by atoms with Crippen molar-refractivity contribution < 1.29 is 4.79 Å². The molecular weight excluding hydrogens is 288 g/mol. The highest BCUT2D eigenvalue weighted by atomic mass is 35.5. The van der Waals surface area contributed by atoms with Gasteiger partial charge >= 0.3 is 0 Å². The van der Waals surface area contributed by atoms with Crippen molar-refractivity contribution in [3.05, 3.63) is 29.6 Å². The number of rotatable bonds is 3. The zero-order valence-electron chi connectivity index (χ0n) is 11.8. The highest BCUT2D eigenvalue weighted by Gasteiger charge is 2.30. The third-order valence-electron chi connectivity index (χ3n) is 3.90. The lowest BCUT2D eigenvalue weighted by atomic mass is 9.84. The Kier molecular flexibility index (Phi) is 3.68. The van der Waals surface area contributed by atoms with Crippen molar-refractivity contribution in [3.63, 3.8) is 0 Å². The van der Waals surface area contributed by atoms with Gasteiger partial charge in [0.2, 0.25) is 0 Å². The summed E-state index contributed by atoms with van der Waals surface area (Å²) in [7, 11) is 0. The molecule has 3 rings (SSSR count). The van der Waals surface area contributed by atoms with Crippen LogP contribution in [0.25, 0.3) is 11.0 Å². The van der Waals surface area contributed by atoms with Gasteiger partial charge < -0.3 is 5.73 Å². The van der Waals surface area contributed by atoms with E-state index in [1.165, 1.54) is 0 Å². The van der Waals surface area contributed by atoms with Crippen molar-refractivity contribution in [2.75, 3.05) is 11.6 Å². The van der Waals surface area contributed by atoms with E-state index in [0.717, 1.165) is 23.9 Å². The summed E-state index contributed by atoms with van der Waals surface area (Å²) in [6.45, 7) is 2.50. The van der Waals surface area contributed by atoms with Crippen molar-refractivity contribution in [1.82, 2.24) is 14.8 Å². The van der Waals surface area contributed by atoms with Gasteiger partial charge in [0.1, 0.15) is 0 Å². The summed E-state index contributed by atoms with van der Waals surface area (Å²) in [6.07, 6.45) is 7.04. The second kappa shape index (κ2) is 5.48. The van der Waals surface area contributed by atoms with Crippen LogP contribution in [0, 0.1) is 5.92 Å². The minimum Gasteiger partial charge on any atom is -0.397 e. The fraction of sp³-hybridized carbons (Fsp3) is 0.400. The number of Topliss-reactive ketones (excluding diaryl/α,β-unsaturated/α-hetero) is 1. The Balaban J connectivity index is 2.17. The van der Waals surface area contributed by atoms with E-state index in [1.807, 2.05) is 19.1 Å². The van der Waals surface area contributed by atoms with Gasteiger partial charge in [0, 0.05) is 11.8 Å². The van der Waals surface area contributed by atoms with Gasteiger partial charge in [0.05, 0.1) is 35.1 Å². The number of pyridine rings is 1. The molecule has 0 bridgehead atoms. The van der Waals surface area contributed by atoms with Crippen molar-refractivity contribution in [1.29, 1.82) is 0 Å². The molecule has 0 spiro atoms. The predicted molar refractivity (Wildman–Crippen MR) is 83.6 cm³/mol. The molecule has 6 heteroatoms. The topological polar surface area (TPSA) is 73.8 Å². The fourth-order valence-corrected chi connectivity index (χ4v) is 3.04. The molecule has 0 saturated carbocycles. The Morgan fingerprint density at radius 1 is 1.57 bits per heavy atom. The maximum absolute atomic E-state index is 12.6. The molecular formula is C15H17ClN4O. The predicted octanol–water partition coefficient (Wildman–Crippen LogP) is 2.57. The number of nitrogens with two attached hydrogens (primary N) is 1. The third-order valence-corrected chi connectivity index (χ3v) is 4.07. The Hall–Kier alpha value is -1.88. The van der Waals surface area contributed by atoms with Crippen LogP contribution in [0.15, 0.2) is 18.3 Å². The first-order chi connectivity index (χ1) is 10.2. The third kappa shape index (κ3) is 2.21. The Morgan fingerprint density at radius 2 is 2.38 bits per heavy atom. The number of ketones is 1. The summed E-state index contributed by atoms with van der Waals surface area (Å²) in [4.78, 5) is 17.2. The number of hydrogen-bond donors (Lipinski definition) is 1. The molecule has 0 aliphatic heterocycles. The first kappa shape index (κ1) is 14.1. The number of fused-ring (bicyclic) bond motifs is 2. The molecule has 2 heterocycles. The summed E-state index contributed by atoms with van der Waals surface area (Å²) in [5, 5.41) is 4.99. The number of alkyl halides is 1. The highest BCUT2D eigenvalue weighted by Crippen LogP contribution is 2.33. The monoisotopic (exact) mass is 304 g/mol. The van der Waals surface area contributed by atoms with E-state index in [-0.39, 0.29) is 11.7 Å². The summed E-state index contributed by atoms with van der Waals surface area (Å²) < 4.78 is 1.74. The molecule has 0 aromatic carbocycles. The quantitative estimate of drug-likeness (QED) is 0.698. The SMILES string of the molecule is C/C=C/C1CCc2nc3c(cnn3CCCl)c(N)c2C1=O. The molecule has 1 unspecified atom stereocenters. The summed E-state index contributed by atoms with van der Waals surface area (Å²) in [5.41, 5.74) is 8.79. The van der Waals surface area contributed by atoms with Crippen LogP contribution in [0.5, 0.6) is 0 Å². The lowest BCUT2D eigenvalue weighted by Crippen LogP contribution is -2.24. The smallest absolute Gasteiger partial charge is 0.173 e. The Labute approximate surface area is 127 Å². The minimum absolute atomic E-state index is 0.0614. The number of nitrogen functional groups attached to an aromatic ring is 1. The van der Waals surface area contributed by atoms with Crippen LogP contribution >= 0.6 is 11.6 Å². The van der Waals surface area contributed by atoms with Gasteiger partial charge in [-0.25, -0.2) is 9.67 Å². The number of aryl methyl sites for hydroxylation is 2. The summed E-state index contributed by atoms with van der Waals surface area (Å²) in [5.74, 6) is 0.422. The number of nitrogens with zero attached hydrogens (tertiary/aromatic N) is 3. The first-order valence-corrected chi connectivity index (χ1v) is 7.57. The largest absolute Gasteiger partial charge is 0.397 e. The zero-order valence-corrected chi connectivity index (χ0v) is 12.6. The van der Waals surface area contributed by atoms with Gasteiger partial charge in [-0.2, -0.15) is 5.10 Å². The fourth-order valence-electron chi connectivity index (χ4n) is 2.88.